The van der Waals surface area contributed by atoms with Gasteiger partial charge in [0.15, 0.2) is 11.5 Å². The highest BCUT2D eigenvalue weighted by Gasteiger charge is 2.47. The molecule has 3 rings (SSSR count). The van der Waals surface area contributed by atoms with Crippen LogP contribution < -0.4 is 9.47 Å². The Morgan fingerprint density at radius 1 is 1.18 bits per heavy atom. The van der Waals surface area contributed by atoms with E-state index in [1.165, 1.54) is 11.3 Å². The highest BCUT2D eigenvalue weighted by molar-refractivity contribution is 5.50. The van der Waals surface area contributed by atoms with E-state index in [1.807, 2.05) is 6.07 Å². The number of likely N-dealkylation sites (N-methyl/N-ethyl adjacent to an activating group) is 1. The van der Waals surface area contributed by atoms with Crippen molar-refractivity contribution in [1.29, 1.82) is 0 Å². The molecule has 1 N–H and O–H groups in total. The number of ether oxygens (including phenoxy) is 2. The topological polar surface area (TPSA) is 41.9 Å². The standard InChI is InChI=1S/C18H25NO3/c1-12-14(20)7-8-18(9-10-19(2)17(12)18)13-5-6-15(21-3)16(11-13)22-4/h5-6,11,14,20H,7-10H2,1-4H3/t14-,18-/m0/s1. The minimum absolute atomic E-state index is 0.00237. The van der Waals surface area contributed by atoms with Crippen LogP contribution in [0.15, 0.2) is 29.5 Å². The first-order valence-electron chi connectivity index (χ1n) is 7.86. The van der Waals surface area contributed by atoms with Crippen LogP contribution in [0.3, 0.4) is 0 Å². The molecule has 1 aromatic carbocycles. The molecule has 1 aromatic rings. The lowest BCUT2D eigenvalue weighted by atomic mass is 9.68. The van der Waals surface area contributed by atoms with Crippen molar-refractivity contribution in [1.82, 2.24) is 4.90 Å². The van der Waals surface area contributed by atoms with E-state index in [4.69, 9.17) is 9.47 Å². The number of hydrogen-bond acceptors (Lipinski definition) is 4. The van der Waals surface area contributed by atoms with E-state index in [1.54, 1.807) is 14.2 Å². The molecule has 1 aliphatic carbocycles. The monoisotopic (exact) mass is 303 g/mol. The Balaban J connectivity index is 2.14. The number of nitrogens with zero attached hydrogens (tertiary/aromatic N) is 1. The quantitative estimate of drug-likeness (QED) is 0.932. The number of likely N-dealkylation sites (tertiary alicyclic amines) is 1. The Labute approximate surface area is 132 Å². The van der Waals surface area contributed by atoms with E-state index in [9.17, 15) is 5.11 Å². The van der Waals surface area contributed by atoms with Gasteiger partial charge < -0.3 is 19.5 Å². The Kier molecular flexibility index (Phi) is 3.81. The molecule has 0 aromatic heterocycles. The van der Waals surface area contributed by atoms with Crippen molar-refractivity contribution in [2.75, 3.05) is 27.8 Å². The fourth-order valence-corrected chi connectivity index (χ4v) is 4.19. The van der Waals surface area contributed by atoms with Gasteiger partial charge in [0.2, 0.25) is 0 Å². The minimum atomic E-state index is -0.316. The van der Waals surface area contributed by atoms with Crippen molar-refractivity contribution in [3.63, 3.8) is 0 Å². The molecule has 2 atom stereocenters. The molecule has 1 heterocycles. The Morgan fingerprint density at radius 3 is 2.59 bits per heavy atom. The van der Waals surface area contributed by atoms with Crippen LogP contribution in [-0.2, 0) is 5.41 Å². The van der Waals surface area contributed by atoms with Gasteiger partial charge in [-0.1, -0.05) is 6.07 Å². The Morgan fingerprint density at radius 2 is 1.91 bits per heavy atom. The molecule has 4 heteroatoms. The lowest BCUT2D eigenvalue weighted by Crippen LogP contribution is -2.36. The van der Waals surface area contributed by atoms with Crippen molar-refractivity contribution in [3.05, 3.63) is 35.0 Å². The van der Waals surface area contributed by atoms with Gasteiger partial charge in [-0.05, 0) is 49.5 Å². The third kappa shape index (κ3) is 2.09. The normalized spacial score (nSPS) is 27.9. The molecule has 1 fully saturated rings. The van der Waals surface area contributed by atoms with Gasteiger partial charge >= 0.3 is 0 Å². The van der Waals surface area contributed by atoms with Gasteiger partial charge in [0.1, 0.15) is 0 Å². The number of allylic oxidation sites excluding steroid dienone is 1. The fourth-order valence-electron chi connectivity index (χ4n) is 4.19. The minimum Gasteiger partial charge on any atom is -0.493 e. The number of benzene rings is 1. The first kappa shape index (κ1) is 15.2. The summed E-state index contributed by atoms with van der Waals surface area (Å²) in [4.78, 5) is 2.30. The number of methoxy groups -OCH3 is 2. The molecule has 0 radical (unpaired) electrons. The maximum absolute atomic E-state index is 10.3. The van der Waals surface area contributed by atoms with Gasteiger partial charge in [-0.3, -0.25) is 0 Å². The number of aliphatic hydroxyl groups excluding tert-OH is 1. The summed E-state index contributed by atoms with van der Waals surface area (Å²) in [6.07, 6.45) is 2.56. The van der Waals surface area contributed by atoms with Gasteiger partial charge in [0.25, 0.3) is 0 Å². The van der Waals surface area contributed by atoms with Crippen LogP contribution in [0.2, 0.25) is 0 Å². The number of aliphatic hydroxyl groups is 1. The van der Waals surface area contributed by atoms with E-state index < -0.39 is 0 Å². The summed E-state index contributed by atoms with van der Waals surface area (Å²) in [5.41, 5.74) is 3.66. The van der Waals surface area contributed by atoms with Crippen molar-refractivity contribution >= 4 is 0 Å². The average Bonchev–Trinajstić information content (AvgIpc) is 2.89. The SMILES string of the molecule is COc1ccc([C@@]23CC[C@H](O)C(C)=C2N(C)CC3)cc1OC. The van der Waals surface area contributed by atoms with Crippen LogP contribution in [0, 0.1) is 0 Å². The molecule has 2 aliphatic rings. The molecule has 1 aliphatic heterocycles. The Bertz CT molecular complexity index is 610. The molecule has 0 spiro atoms. The molecular formula is C18H25NO3. The van der Waals surface area contributed by atoms with E-state index in [0.717, 1.165) is 42.9 Å². The second-order valence-electron chi connectivity index (χ2n) is 6.41. The smallest absolute Gasteiger partial charge is 0.161 e. The molecule has 0 saturated carbocycles. The molecule has 22 heavy (non-hydrogen) atoms. The molecule has 1 saturated heterocycles. The molecule has 4 nitrogen and oxygen atoms in total. The van der Waals surface area contributed by atoms with E-state index in [2.05, 4.69) is 31.0 Å². The zero-order chi connectivity index (χ0) is 15.9. The number of hydrogen-bond donors (Lipinski definition) is 1. The molecule has 120 valence electrons. The van der Waals surface area contributed by atoms with E-state index >= 15 is 0 Å². The summed E-state index contributed by atoms with van der Waals surface area (Å²) in [5, 5.41) is 10.3. The van der Waals surface area contributed by atoms with Crippen LogP contribution >= 0.6 is 0 Å². The van der Waals surface area contributed by atoms with Gasteiger partial charge in [0, 0.05) is 24.7 Å². The largest absolute Gasteiger partial charge is 0.493 e. The van der Waals surface area contributed by atoms with Crippen LogP contribution in [-0.4, -0.2) is 43.9 Å². The molecular weight excluding hydrogens is 278 g/mol. The third-order valence-electron chi connectivity index (χ3n) is 5.36. The first-order chi connectivity index (χ1) is 10.5. The second-order valence-corrected chi connectivity index (χ2v) is 6.41. The zero-order valence-corrected chi connectivity index (χ0v) is 13.8. The lowest BCUT2D eigenvalue weighted by Gasteiger charge is -2.39. The number of rotatable bonds is 3. The molecule has 0 amide bonds. The summed E-state index contributed by atoms with van der Waals surface area (Å²) < 4.78 is 10.8. The molecule has 0 unspecified atom stereocenters. The van der Waals surface area contributed by atoms with Crippen molar-refractivity contribution in [2.24, 2.45) is 0 Å². The van der Waals surface area contributed by atoms with Crippen molar-refractivity contribution in [2.45, 2.75) is 37.7 Å². The summed E-state index contributed by atoms with van der Waals surface area (Å²) in [6.45, 7) is 3.09. The third-order valence-corrected chi connectivity index (χ3v) is 5.36. The maximum atomic E-state index is 10.3. The van der Waals surface area contributed by atoms with Crippen LogP contribution in [0.25, 0.3) is 0 Å². The van der Waals surface area contributed by atoms with E-state index in [0.29, 0.717) is 0 Å². The fraction of sp³-hybridized carbons (Fsp3) is 0.556. The van der Waals surface area contributed by atoms with Crippen molar-refractivity contribution in [3.8, 4) is 11.5 Å². The van der Waals surface area contributed by atoms with Gasteiger partial charge in [-0.25, -0.2) is 0 Å². The van der Waals surface area contributed by atoms with E-state index in [-0.39, 0.29) is 11.5 Å². The van der Waals surface area contributed by atoms with Crippen LogP contribution in [0.4, 0.5) is 0 Å². The number of fused-ring (bicyclic) bond motifs is 1. The highest BCUT2D eigenvalue weighted by Crippen LogP contribution is 2.52. The zero-order valence-electron chi connectivity index (χ0n) is 13.8. The van der Waals surface area contributed by atoms with Gasteiger partial charge in [-0.15, -0.1) is 0 Å². The molecule has 0 bridgehead atoms. The van der Waals surface area contributed by atoms with Crippen LogP contribution in [0.5, 0.6) is 11.5 Å². The summed E-state index contributed by atoms with van der Waals surface area (Å²) in [5.74, 6) is 1.53. The summed E-state index contributed by atoms with van der Waals surface area (Å²) >= 11 is 0. The van der Waals surface area contributed by atoms with Gasteiger partial charge in [-0.2, -0.15) is 0 Å². The summed E-state index contributed by atoms with van der Waals surface area (Å²) in [7, 11) is 5.46. The average molecular weight is 303 g/mol. The highest BCUT2D eigenvalue weighted by atomic mass is 16.5. The van der Waals surface area contributed by atoms with Crippen molar-refractivity contribution < 1.29 is 14.6 Å². The first-order valence-corrected chi connectivity index (χ1v) is 7.86. The lowest BCUT2D eigenvalue weighted by molar-refractivity contribution is 0.167. The van der Waals surface area contributed by atoms with Crippen LogP contribution in [0.1, 0.15) is 31.7 Å². The summed E-state index contributed by atoms with van der Waals surface area (Å²) in [6, 6.07) is 6.23. The maximum Gasteiger partial charge on any atom is 0.161 e. The predicted molar refractivity (Wildman–Crippen MR) is 86.4 cm³/mol. The van der Waals surface area contributed by atoms with Gasteiger partial charge in [0.05, 0.1) is 20.3 Å². The Hall–Kier alpha value is -1.68. The second kappa shape index (κ2) is 5.51. The predicted octanol–water partition coefficient (Wildman–Crippen LogP) is 2.71.